The van der Waals surface area contributed by atoms with E-state index < -0.39 is 47.3 Å². The Morgan fingerprint density at radius 3 is 2.02 bits per heavy atom. The largest absolute Gasteiger partial charge is 1.00 e. The predicted molar refractivity (Wildman–Crippen MR) is 192 cm³/mol. The second-order valence-electron chi connectivity index (χ2n) is 13.7. The summed E-state index contributed by atoms with van der Waals surface area (Å²) in [5, 5.41) is 0. The molecule has 2 aliphatic rings. The van der Waals surface area contributed by atoms with Gasteiger partial charge in [-0.15, -0.1) is 0 Å². The van der Waals surface area contributed by atoms with Crippen LogP contribution in [0.4, 0.5) is 11.4 Å². The molecule has 272 valence electrons. The predicted octanol–water partition coefficient (Wildman–Crippen LogP) is -0.634. The van der Waals surface area contributed by atoms with E-state index in [1.165, 1.54) is 12.1 Å². The minimum atomic E-state index is -4.68. The maximum Gasteiger partial charge on any atom is 1.00 e. The number of hydrogen-bond donors (Lipinski definition) is 0. The van der Waals surface area contributed by atoms with Crippen LogP contribution in [0.1, 0.15) is 71.4 Å². The number of nitrogens with zero attached hydrogens (tertiary/aromatic N) is 2. The molecule has 0 aliphatic carbocycles. The molecule has 0 aromatic heterocycles. The van der Waals surface area contributed by atoms with Crippen LogP contribution in [0.25, 0.3) is 0 Å². The van der Waals surface area contributed by atoms with Crippen LogP contribution in [0, 0.1) is 0 Å². The smallest absolute Gasteiger partial charge is 0.748 e. The standard InChI is InChI=1S/C36H46N2O9S3.2Na/c1-27(14-12-18-33-35(2,3)29-16-6-7-17-31(29)37(33)22-8-10-24-48(39,40)41)15-13-19-34-36(4,5)30-26-28(50(45,46)47)20-21-32(30)38(34)23-9-11-25-49(42,43)44;;/h6-7,12-21,26H,8-11,22-25H2,1-5H3,(H2-,39,40,41,42,43,44,45,46,47);;/q;2*+1/p-2. The molecule has 0 unspecified atom stereocenters. The number of para-hydroxylation sites is 1. The van der Waals surface area contributed by atoms with Gasteiger partial charge in [-0.3, -0.25) is 0 Å². The Morgan fingerprint density at radius 1 is 0.788 bits per heavy atom. The molecule has 16 heteroatoms. The van der Waals surface area contributed by atoms with E-state index in [4.69, 9.17) is 0 Å². The number of rotatable bonds is 15. The topological polar surface area (TPSA) is 178 Å². The van der Waals surface area contributed by atoms with Crippen LogP contribution >= 0.6 is 0 Å². The quantitative estimate of drug-likeness (QED) is 0.0742. The van der Waals surface area contributed by atoms with Crippen LogP contribution in [0.3, 0.4) is 0 Å². The molecule has 0 atom stereocenters. The number of anilines is 1. The first-order chi connectivity index (χ1) is 23.1. The van der Waals surface area contributed by atoms with E-state index in [1.807, 2.05) is 80.3 Å². The first-order valence-corrected chi connectivity index (χ1v) is 20.9. The Morgan fingerprint density at radius 2 is 1.40 bits per heavy atom. The number of fused-ring (bicyclic) bond motifs is 2. The molecule has 0 N–H and O–H groups in total. The normalized spacial score (nSPS) is 17.8. The second-order valence-corrected chi connectivity index (χ2v) is 18.1. The summed E-state index contributed by atoms with van der Waals surface area (Å²) in [4.78, 5) is 1.64. The van der Waals surface area contributed by atoms with Gasteiger partial charge in [-0.25, -0.2) is 25.3 Å². The van der Waals surface area contributed by atoms with Gasteiger partial charge in [-0.2, -0.15) is 4.58 Å². The van der Waals surface area contributed by atoms with Crippen molar-refractivity contribution in [1.29, 1.82) is 0 Å². The van der Waals surface area contributed by atoms with Gasteiger partial charge in [0.05, 0.1) is 30.5 Å². The van der Waals surface area contributed by atoms with Crippen molar-refractivity contribution in [3.63, 3.8) is 0 Å². The van der Waals surface area contributed by atoms with Crippen molar-refractivity contribution in [2.75, 3.05) is 29.5 Å². The third-order valence-corrected chi connectivity index (χ3v) is 11.6. The van der Waals surface area contributed by atoms with Gasteiger partial charge in [0.1, 0.15) is 16.7 Å². The molecule has 0 saturated carbocycles. The molecule has 4 rings (SSSR count). The van der Waals surface area contributed by atoms with Crippen molar-refractivity contribution >= 4 is 47.4 Å². The van der Waals surface area contributed by atoms with E-state index in [-0.39, 0.29) is 82.3 Å². The molecular formula is C36H44N2Na2O9S3. The molecule has 2 aromatic rings. The van der Waals surface area contributed by atoms with Gasteiger partial charge in [0.25, 0.3) is 0 Å². The van der Waals surface area contributed by atoms with Crippen LogP contribution in [0.15, 0.2) is 95.1 Å². The summed E-state index contributed by atoms with van der Waals surface area (Å²) in [6, 6.07) is 12.3. The summed E-state index contributed by atoms with van der Waals surface area (Å²) in [7, 11) is -13.3. The van der Waals surface area contributed by atoms with Crippen molar-refractivity contribution in [3.8, 4) is 0 Å². The number of hydrogen-bond acceptors (Lipinski definition) is 10. The molecule has 0 amide bonds. The first-order valence-electron chi connectivity index (χ1n) is 16.4. The van der Waals surface area contributed by atoms with Gasteiger partial charge in [-0.05, 0) is 69.9 Å². The summed E-state index contributed by atoms with van der Waals surface area (Å²) in [5.74, 6) is -0.871. The maximum absolute atomic E-state index is 11.8. The molecule has 52 heavy (non-hydrogen) atoms. The van der Waals surface area contributed by atoms with Crippen LogP contribution in [-0.2, 0) is 41.2 Å². The van der Waals surface area contributed by atoms with Crippen LogP contribution < -0.4 is 64.0 Å². The molecule has 2 aliphatic heterocycles. The fraction of sp³-hybridized carbons (Fsp3) is 0.417. The molecule has 0 saturated heterocycles. The Hall–Kier alpha value is -1.40. The molecular weight excluding hydrogens is 747 g/mol. The molecule has 2 aromatic carbocycles. The molecule has 0 radical (unpaired) electrons. The summed E-state index contributed by atoms with van der Waals surface area (Å²) >= 11 is 0. The average molecular weight is 791 g/mol. The zero-order chi connectivity index (χ0) is 37.1. The van der Waals surface area contributed by atoms with Gasteiger partial charge in [0.15, 0.2) is 5.71 Å². The summed E-state index contributed by atoms with van der Waals surface area (Å²) in [5.41, 5.74) is 5.36. The third-order valence-electron chi connectivity index (χ3n) is 9.23. The second kappa shape index (κ2) is 18.5. The van der Waals surface area contributed by atoms with E-state index in [2.05, 4.69) is 24.5 Å². The fourth-order valence-electron chi connectivity index (χ4n) is 6.67. The van der Waals surface area contributed by atoms with Crippen molar-refractivity contribution in [1.82, 2.24) is 0 Å². The summed E-state index contributed by atoms with van der Waals surface area (Å²) in [6.45, 7) is 11.0. The zero-order valence-corrected chi connectivity index (χ0v) is 37.4. The minimum absolute atomic E-state index is 0. The Bertz CT molecular complexity index is 2120. The van der Waals surface area contributed by atoms with E-state index in [9.17, 15) is 38.9 Å². The molecule has 11 nitrogen and oxygen atoms in total. The number of benzene rings is 2. The van der Waals surface area contributed by atoms with E-state index in [0.29, 0.717) is 37.2 Å². The van der Waals surface area contributed by atoms with Gasteiger partial charge in [-0.1, -0.05) is 61.9 Å². The Kier molecular flexibility index (Phi) is 16.6. The van der Waals surface area contributed by atoms with E-state index >= 15 is 0 Å². The molecule has 2 heterocycles. The van der Waals surface area contributed by atoms with Crippen molar-refractivity contribution < 1.29 is 103 Å². The molecule has 0 bridgehead atoms. The first kappa shape index (κ1) is 46.8. The number of allylic oxidation sites excluding steroid dienone is 8. The van der Waals surface area contributed by atoms with Crippen molar-refractivity contribution in [2.45, 2.75) is 76.0 Å². The van der Waals surface area contributed by atoms with Crippen molar-refractivity contribution in [2.24, 2.45) is 0 Å². The fourth-order valence-corrected chi connectivity index (χ4v) is 8.28. The van der Waals surface area contributed by atoms with Gasteiger partial charge >= 0.3 is 59.1 Å². The van der Waals surface area contributed by atoms with E-state index in [1.54, 1.807) is 6.07 Å². The zero-order valence-electron chi connectivity index (χ0n) is 31.0. The van der Waals surface area contributed by atoms with E-state index in [0.717, 1.165) is 28.2 Å². The minimum Gasteiger partial charge on any atom is -0.748 e. The Labute approximate surface area is 353 Å². The molecule has 0 fully saturated rings. The van der Waals surface area contributed by atoms with Crippen LogP contribution in [-0.4, -0.2) is 73.8 Å². The maximum atomic E-state index is 11.8. The van der Waals surface area contributed by atoms with Crippen LogP contribution in [0.5, 0.6) is 0 Å². The van der Waals surface area contributed by atoms with Gasteiger partial charge in [0, 0.05) is 59.0 Å². The monoisotopic (exact) mass is 790 g/mol. The molecule has 0 spiro atoms. The average Bonchev–Trinajstić information content (AvgIpc) is 3.34. The SMILES string of the molecule is CC(C=C/C=C1/N(CCCCS(=O)(=O)[O-])c2ccc(S(=O)(=O)[O-])cc2C1(C)C)=CC=CC1=[N+](CCCCS(=O)(=O)[O-])c2ccccc2C1(C)C.[Na+].[Na+]. The third kappa shape index (κ3) is 11.8. The van der Waals surface area contributed by atoms with Crippen LogP contribution in [0.2, 0.25) is 0 Å². The summed E-state index contributed by atoms with van der Waals surface area (Å²) < 4.78 is 104. The Balaban J connectivity index is 0.00000468. The van der Waals surface area contributed by atoms with Gasteiger partial charge < -0.3 is 18.6 Å². The summed E-state index contributed by atoms with van der Waals surface area (Å²) in [6.07, 6.45) is 13.1. The van der Waals surface area contributed by atoms with Crippen molar-refractivity contribution in [3.05, 3.63) is 101 Å². The number of unbranched alkanes of at least 4 members (excludes halogenated alkanes) is 2. The van der Waals surface area contributed by atoms with Gasteiger partial charge in [0.2, 0.25) is 5.69 Å².